The van der Waals surface area contributed by atoms with Gasteiger partial charge in [0.05, 0.1) is 4.88 Å². The molecule has 0 radical (unpaired) electrons. The number of halogens is 1. The van der Waals surface area contributed by atoms with Crippen molar-refractivity contribution in [1.29, 1.82) is 0 Å². The Hall–Kier alpha value is -1.07. The Morgan fingerprint density at radius 3 is 2.88 bits per heavy atom. The maximum atomic E-state index is 11.6. The van der Waals surface area contributed by atoms with Crippen LogP contribution < -0.4 is 10.9 Å². The van der Waals surface area contributed by atoms with E-state index in [1.807, 2.05) is 6.07 Å². The molecule has 2 amide bonds. The lowest BCUT2D eigenvalue weighted by Crippen LogP contribution is -2.41. The lowest BCUT2D eigenvalue weighted by atomic mass is 10.2. The van der Waals surface area contributed by atoms with Crippen molar-refractivity contribution in [1.82, 2.24) is 10.9 Å². The normalized spacial score (nSPS) is 13.3. The van der Waals surface area contributed by atoms with Crippen molar-refractivity contribution in [2.45, 2.75) is 19.3 Å². The van der Waals surface area contributed by atoms with Gasteiger partial charge in [0.2, 0.25) is 0 Å². The van der Waals surface area contributed by atoms with Crippen LogP contribution in [0, 0.1) is 0 Å². The Kier molecular flexibility index (Phi) is 3.46. The van der Waals surface area contributed by atoms with E-state index in [9.17, 15) is 9.59 Å². The molecule has 0 fully saturated rings. The van der Waals surface area contributed by atoms with Crippen molar-refractivity contribution >= 4 is 34.8 Å². The molecule has 4 nitrogen and oxygen atoms in total. The van der Waals surface area contributed by atoms with Crippen molar-refractivity contribution in [3.63, 3.8) is 0 Å². The first-order valence-corrected chi connectivity index (χ1v) is 6.32. The molecule has 16 heavy (non-hydrogen) atoms. The van der Waals surface area contributed by atoms with Crippen LogP contribution in [0.15, 0.2) is 6.07 Å². The van der Waals surface area contributed by atoms with Crippen LogP contribution in [0.4, 0.5) is 0 Å². The number of fused-ring (bicyclic) bond motifs is 1. The maximum absolute atomic E-state index is 11.6. The predicted octanol–water partition coefficient (Wildman–Crippen LogP) is 1.24. The molecule has 0 aromatic carbocycles. The van der Waals surface area contributed by atoms with Crippen LogP contribution in [0.25, 0.3) is 0 Å². The molecular weight excluding hydrogens is 248 g/mol. The highest BCUT2D eigenvalue weighted by atomic mass is 35.5. The highest BCUT2D eigenvalue weighted by molar-refractivity contribution is 7.14. The second kappa shape index (κ2) is 4.84. The van der Waals surface area contributed by atoms with Gasteiger partial charge >= 0.3 is 0 Å². The molecule has 0 bridgehead atoms. The number of hydrazine groups is 1. The van der Waals surface area contributed by atoms with Crippen molar-refractivity contribution < 1.29 is 9.59 Å². The van der Waals surface area contributed by atoms with Crippen molar-refractivity contribution in [2.24, 2.45) is 0 Å². The van der Waals surface area contributed by atoms with Crippen LogP contribution in [0.1, 0.15) is 26.5 Å². The molecule has 0 saturated carbocycles. The number of thiophene rings is 1. The van der Waals surface area contributed by atoms with Crippen molar-refractivity contribution in [2.75, 3.05) is 5.88 Å². The fourth-order valence-electron chi connectivity index (χ4n) is 1.66. The number of amides is 2. The van der Waals surface area contributed by atoms with Gasteiger partial charge < -0.3 is 0 Å². The average Bonchev–Trinajstić information content (AvgIpc) is 2.85. The summed E-state index contributed by atoms with van der Waals surface area (Å²) >= 11 is 6.77. The van der Waals surface area contributed by atoms with Gasteiger partial charge in [-0.25, -0.2) is 0 Å². The summed E-state index contributed by atoms with van der Waals surface area (Å²) in [6.07, 6.45) is 3.28. The number of carbonyl (C=O) groups excluding carboxylic acids is 2. The standard InChI is InChI=1S/C10H11ClN2O2S/c11-5-9(14)12-13-10(15)8-4-6-2-1-3-7(6)16-8/h4H,1-3,5H2,(H,12,14)(H,13,15). The molecule has 1 aromatic rings. The number of hydrogen-bond donors (Lipinski definition) is 2. The van der Waals surface area contributed by atoms with E-state index < -0.39 is 5.91 Å². The fraction of sp³-hybridized carbons (Fsp3) is 0.400. The lowest BCUT2D eigenvalue weighted by Gasteiger charge is -2.03. The summed E-state index contributed by atoms with van der Waals surface area (Å²) in [5.74, 6) is -0.863. The van der Waals surface area contributed by atoms with Crippen molar-refractivity contribution in [3.8, 4) is 0 Å². The van der Waals surface area contributed by atoms with E-state index in [-0.39, 0.29) is 11.8 Å². The monoisotopic (exact) mass is 258 g/mol. The van der Waals surface area contributed by atoms with Gasteiger partial charge in [-0.15, -0.1) is 22.9 Å². The number of carbonyl (C=O) groups is 2. The zero-order chi connectivity index (χ0) is 11.5. The minimum atomic E-state index is -0.417. The summed E-state index contributed by atoms with van der Waals surface area (Å²) in [6.45, 7) is 0. The van der Waals surface area contributed by atoms with Gasteiger partial charge in [-0.05, 0) is 30.9 Å². The predicted molar refractivity (Wildman–Crippen MR) is 62.7 cm³/mol. The molecule has 0 aliphatic heterocycles. The lowest BCUT2D eigenvalue weighted by molar-refractivity contribution is -0.119. The molecule has 1 aliphatic carbocycles. The van der Waals surface area contributed by atoms with E-state index in [2.05, 4.69) is 10.9 Å². The van der Waals surface area contributed by atoms with Crippen molar-refractivity contribution in [3.05, 3.63) is 21.4 Å². The van der Waals surface area contributed by atoms with Gasteiger partial charge in [-0.1, -0.05) is 0 Å². The molecule has 86 valence electrons. The zero-order valence-electron chi connectivity index (χ0n) is 8.51. The van der Waals surface area contributed by atoms with Crippen LogP contribution in [0.3, 0.4) is 0 Å². The van der Waals surface area contributed by atoms with E-state index in [0.29, 0.717) is 4.88 Å². The van der Waals surface area contributed by atoms with Gasteiger partial charge in [0.25, 0.3) is 11.8 Å². The minimum absolute atomic E-state index is 0.165. The van der Waals surface area contributed by atoms with E-state index in [1.165, 1.54) is 28.2 Å². The third-order valence-electron chi connectivity index (χ3n) is 2.41. The van der Waals surface area contributed by atoms with Crippen LogP contribution >= 0.6 is 22.9 Å². The summed E-state index contributed by atoms with van der Waals surface area (Å²) in [5.41, 5.74) is 5.82. The Balaban J connectivity index is 1.96. The number of nitrogens with one attached hydrogen (secondary N) is 2. The quantitative estimate of drug-likeness (QED) is 0.619. The Labute approximate surface area is 102 Å². The highest BCUT2D eigenvalue weighted by Crippen LogP contribution is 2.30. The molecule has 0 atom stereocenters. The second-order valence-corrected chi connectivity index (χ2v) is 4.95. The van der Waals surface area contributed by atoms with Gasteiger partial charge in [0, 0.05) is 4.88 Å². The molecule has 1 aromatic heterocycles. The molecule has 0 saturated heterocycles. The van der Waals surface area contributed by atoms with Gasteiger partial charge in [0.15, 0.2) is 0 Å². The fourth-order valence-corrected chi connectivity index (χ4v) is 2.88. The topological polar surface area (TPSA) is 58.2 Å². The van der Waals surface area contributed by atoms with Crippen LogP contribution in [-0.4, -0.2) is 17.7 Å². The first kappa shape index (κ1) is 11.4. The Morgan fingerprint density at radius 2 is 2.19 bits per heavy atom. The first-order chi connectivity index (χ1) is 7.70. The summed E-state index contributed by atoms with van der Waals surface area (Å²) in [7, 11) is 0. The number of aryl methyl sites for hydroxylation is 2. The summed E-state index contributed by atoms with van der Waals surface area (Å²) in [5, 5.41) is 0. The van der Waals surface area contributed by atoms with Gasteiger partial charge in [0.1, 0.15) is 5.88 Å². The first-order valence-electron chi connectivity index (χ1n) is 4.97. The second-order valence-electron chi connectivity index (χ2n) is 3.55. The van der Waals surface area contributed by atoms with Gasteiger partial charge in [-0.3, -0.25) is 20.4 Å². The maximum Gasteiger partial charge on any atom is 0.279 e. The van der Waals surface area contributed by atoms with E-state index in [0.717, 1.165) is 12.8 Å². The molecule has 1 heterocycles. The molecule has 0 unspecified atom stereocenters. The highest BCUT2D eigenvalue weighted by Gasteiger charge is 2.18. The Bertz CT molecular complexity index is 409. The third-order valence-corrected chi connectivity index (χ3v) is 3.89. The average molecular weight is 259 g/mol. The summed E-state index contributed by atoms with van der Waals surface area (Å²) < 4.78 is 0. The largest absolute Gasteiger partial charge is 0.279 e. The van der Waals surface area contributed by atoms with Crippen LogP contribution in [0.5, 0.6) is 0 Å². The molecular formula is C10H11ClN2O2S. The van der Waals surface area contributed by atoms with E-state index in [4.69, 9.17) is 11.6 Å². The van der Waals surface area contributed by atoms with Crippen LogP contribution in [0.2, 0.25) is 0 Å². The number of rotatable bonds is 2. The molecule has 0 spiro atoms. The van der Waals surface area contributed by atoms with Gasteiger partial charge in [-0.2, -0.15) is 0 Å². The van der Waals surface area contributed by atoms with Crippen LogP contribution in [-0.2, 0) is 17.6 Å². The SMILES string of the molecule is O=C(CCl)NNC(=O)c1cc2c(s1)CCC2. The van der Waals surface area contributed by atoms with E-state index in [1.54, 1.807) is 0 Å². The molecule has 2 N–H and O–H groups in total. The smallest absolute Gasteiger partial charge is 0.272 e. The molecule has 6 heteroatoms. The summed E-state index contributed by atoms with van der Waals surface area (Å²) in [6, 6.07) is 1.90. The Morgan fingerprint density at radius 1 is 1.38 bits per heavy atom. The number of alkyl halides is 1. The number of hydrogen-bond acceptors (Lipinski definition) is 3. The third kappa shape index (κ3) is 2.36. The zero-order valence-corrected chi connectivity index (χ0v) is 10.1. The minimum Gasteiger partial charge on any atom is -0.272 e. The molecule has 2 rings (SSSR count). The molecule has 1 aliphatic rings. The summed E-state index contributed by atoms with van der Waals surface area (Å²) in [4.78, 5) is 24.4. The van der Waals surface area contributed by atoms with E-state index >= 15 is 0 Å².